The molecule has 5 heterocycles. The van der Waals surface area contributed by atoms with Gasteiger partial charge in [-0.25, -0.2) is 21.9 Å². The maximum absolute atomic E-state index is 16.0. The van der Waals surface area contributed by atoms with Crippen LogP contribution in [0.15, 0.2) is 97.5 Å². The summed E-state index contributed by atoms with van der Waals surface area (Å²) in [6.07, 6.45) is 11.8. The van der Waals surface area contributed by atoms with E-state index in [0.717, 1.165) is 75.3 Å². The van der Waals surface area contributed by atoms with Gasteiger partial charge in [-0.3, -0.25) is 24.6 Å². The van der Waals surface area contributed by atoms with Crippen LogP contribution in [0.5, 0.6) is 0 Å². The lowest BCUT2D eigenvalue weighted by Crippen LogP contribution is -2.41. The first-order chi connectivity index (χ1) is 28.5. The molecule has 3 aromatic carbocycles. The number of halogens is 2. The predicted octanol–water partition coefficient (Wildman–Crippen LogP) is 7.94. The average Bonchev–Trinajstić information content (AvgIpc) is 3.68. The van der Waals surface area contributed by atoms with Crippen LogP contribution in [-0.4, -0.2) is 78.4 Å². The summed E-state index contributed by atoms with van der Waals surface area (Å²) in [5.41, 5.74) is 5.20. The molecule has 0 atom stereocenters. The second kappa shape index (κ2) is 19.1. The maximum atomic E-state index is 16.0. The van der Waals surface area contributed by atoms with Gasteiger partial charge in [-0.1, -0.05) is 37.3 Å². The lowest BCUT2D eigenvalue weighted by atomic mass is 9.88. The number of piperidine rings is 3. The molecular formula is C45H51F2N7O4S. The number of hydrogen-bond donors (Lipinski definition) is 2. The lowest BCUT2D eigenvalue weighted by molar-refractivity contribution is -0.132. The Morgan fingerprint density at radius 2 is 1.51 bits per heavy atom. The van der Waals surface area contributed by atoms with Gasteiger partial charge < -0.3 is 9.80 Å². The summed E-state index contributed by atoms with van der Waals surface area (Å²) in [7, 11) is -3.67. The molecule has 310 valence electrons. The summed E-state index contributed by atoms with van der Waals surface area (Å²) in [6, 6.07) is 23.8. The van der Waals surface area contributed by atoms with Crippen LogP contribution in [0, 0.1) is 17.6 Å². The van der Waals surface area contributed by atoms with Gasteiger partial charge in [-0.2, -0.15) is 5.10 Å². The fourth-order valence-corrected chi connectivity index (χ4v) is 9.31. The summed E-state index contributed by atoms with van der Waals surface area (Å²) in [4.78, 5) is 29.7. The second-order valence-corrected chi connectivity index (χ2v) is 17.4. The molecule has 0 aliphatic carbocycles. The number of nitrogens with zero attached hydrogens (tertiary/aromatic N) is 5. The highest BCUT2D eigenvalue weighted by Gasteiger charge is 2.26. The quantitative estimate of drug-likeness (QED) is 0.129. The van der Waals surface area contributed by atoms with Crippen LogP contribution in [0.4, 0.5) is 20.2 Å². The van der Waals surface area contributed by atoms with E-state index in [0.29, 0.717) is 48.8 Å². The molecule has 2 aromatic heterocycles. The minimum absolute atomic E-state index is 0.0870. The number of carbonyl (C=O) groups is 2. The van der Waals surface area contributed by atoms with E-state index in [-0.39, 0.29) is 34.6 Å². The van der Waals surface area contributed by atoms with E-state index < -0.39 is 15.8 Å². The summed E-state index contributed by atoms with van der Waals surface area (Å²) < 4.78 is 58.7. The summed E-state index contributed by atoms with van der Waals surface area (Å²) >= 11 is 0. The molecule has 0 radical (unpaired) electrons. The number of carbonyl (C=O) groups excluding carboxylic acids is 2. The van der Waals surface area contributed by atoms with E-state index >= 15 is 4.39 Å². The smallest absolute Gasteiger partial charge is 0.232 e. The molecule has 14 heteroatoms. The normalized spacial score (nSPS) is 17.0. The van der Waals surface area contributed by atoms with Crippen LogP contribution in [0.3, 0.4) is 0 Å². The van der Waals surface area contributed by atoms with Crippen LogP contribution in [0.25, 0.3) is 28.1 Å². The van der Waals surface area contributed by atoms with Crippen LogP contribution >= 0.6 is 0 Å². The molecule has 3 aliphatic rings. The number of benzene rings is 3. The molecule has 2 N–H and O–H groups in total. The van der Waals surface area contributed by atoms with Crippen LogP contribution in [-0.2, 0) is 19.6 Å². The third-order valence-corrected chi connectivity index (χ3v) is 12.8. The molecule has 2 amide bonds. The third kappa shape index (κ3) is 10.8. The van der Waals surface area contributed by atoms with E-state index in [4.69, 9.17) is 5.10 Å². The van der Waals surface area contributed by atoms with E-state index in [1.54, 1.807) is 54.5 Å². The molecule has 11 nitrogen and oxygen atoms in total. The van der Waals surface area contributed by atoms with Crippen molar-refractivity contribution in [3.8, 4) is 28.1 Å². The van der Waals surface area contributed by atoms with Gasteiger partial charge >= 0.3 is 0 Å². The largest absolute Gasteiger partial charge is 0.371 e. The first-order valence-electron chi connectivity index (χ1n) is 20.5. The summed E-state index contributed by atoms with van der Waals surface area (Å²) in [6.45, 7) is 6.99. The zero-order valence-electron chi connectivity index (χ0n) is 33.3. The second-order valence-electron chi connectivity index (χ2n) is 15.6. The van der Waals surface area contributed by atoms with Crippen molar-refractivity contribution >= 4 is 33.2 Å². The van der Waals surface area contributed by atoms with Crippen molar-refractivity contribution in [1.82, 2.24) is 25.0 Å². The van der Waals surface area contributed by atoms with Gasteiger partial charge in [0.05, 0.1) is 17.1 Å². The number of rotatable bonds is 11. The summed E-state index contributed by atoms with van der Waals surface area (Å²) in [5, 5.41) is 7.09. The zero-order chi connectivity index (χ0) is 41.4. The molecule has 59 heavy (non-hydrogen) atoms. The average molecular weight is 824 g/mol. The fraction of sp³-hybridized carbons (Fsp3) is 0.378. The minimum Gasteiger partial charge on any atom is -0.371 e. The van der Waals surface area contributed by atoms with Crippen molar-refractivity contribution in [3.63, 3.8) is 0 Å². The molecule has 0 spiro atoms. The Bertz CT molecular complexity index is 2310. The molecule has 3 fully saturated rings. The lowest BCUT2D eigenvalue weighted by Gasteiger charge is -2.38. The molecule has 0 saturated carbocycles. The van der Waals surface area contributed by atoms with Crippen molar-refractivity contribution in [2.24, 2.45) is 5.92 Å². The van der Waals surface area contributed by atoms with E-state index in [9.17, 15) is 22.4 Å². The number of amides is 2. The Labute approximate surface area is 344 Å². The van der Waals surface area contributed by atoms with Crippen molar-refractivity contribution in [1.29, 1.82) is 0 Å². The summed E-state index contributed by atoms with van der Waals surface area (Å²) in [5.74, 6) is -0.0385. The van der Waals surface area contributed by atoms with Crippen LogP contribution in [0.1, 0.15) is 69.8 Å². The third-order valence-electron chi connectivity index (χ3n) is 11.3. The fourth-order valence-electron chi connectivity index (χ4n) is 8.18. The van der Waals surface area contributed by atoms with Crippen molar-refractivity contribution in [2.75, 3.05) is 48.1 Å². The SMILES string of the molecule is CCCS(=O)(=O)Nc1cccc(-c2cn(-c3ccc(C4CCN(CC5CCN(c6cccc(F)c6)CC5)CC4)cc3)nc2-c2ccncc2)c1F.O=C1CCCC(=O)N1. The molecule has 0 bridgehead atoms. The Kier molecular flexibility index (Phi) is 13.5. The highest BCUT2D eigenvalue weighted by atomic mass is 32.2. The number of aromatic nitrogens is 3. The number of sulfonamides is 1. The van der Waals surface area contributed by atoms with Crippen molar-refractivity contribution in [3.05, 3.63) is 115 Å². The van der Waals surface area contributed by atoms with E-state index in [1.165, 1.54) is 17.7 Å². The van der Waals surface area contributed by atoms with Crippen LogP contribution in [0.2, 0.25) is 0 Å². The highest BCUT2D eigenvalue weighted by molar-refractivity contribution is 7.92. The number of imide groups is 1. The molecule has 0 unspecified atom stereocenters. The number of hydrogen-bond acceptors (Lipinski definition) is 8. The van der Waals surface area contributed by atoms with Crippen molar-refractivity contribution in [2.45, 2.75) is 64.2 Å². The Hall–Kier alpha value is -5.47. The van der Waals surface area contributed by atoms with Gasteiger partial charge in [0.2, 0.25) is 21.8 Å². The zero-order valence-corrected chi connectivity index (χ0v) is 34.1. The monoisotopic (exact) mass is 823 g/mol. The van der Waals surface area contributed by atoms with Gasteiger partial charge in [-0.05, 0) is 118 Å². The first-order valence-corrected chi connectivity index (χ1v) is 22.2. The number of pyridine rings is 1. The van der Waals surface area contributed by atoms with E-state index in [2.05, 4.69) is 49.1 Å². The number of likely N-dealkylation sites (tertiary alicyclic amines) is 1. The number of nitrogens with one attached hydrogen (secondary N) is 2. The predicted molar refractivity (Wildman–Crippen MR) is 227 cm³/mol. The van der Waals surface area contributed by atoms with Crippen molar-refractivity contribution < 1.29 is 26.8 Å². The molecule has 3 aliphatic heterocycles. The molecule has 3 saturated heterocycles. The maximum Gasteiger partial charge on any atom is 0.232 e. The van der Waals surface area contributed by atoms with Gasteiger partial charge in [-0.15, -0.1) is 0 Å². The van der Waals surface area contributed by atoms with Gasteiger partial charge in [0.15, 0.2) is 5.82 Å². The van der Waals surface area contributed by atoms with Gasteiger partial charge in [0, 0.05) is 73.4 Å². The first kappa shape index (κ1) is 41.7. The molecular weight excluding hydrogens is 773 g/mol. The highest BCUT2D eigenvalue weighted by Crippen LogP contribution is 2.37. The van der Waals surface area contributed by atoms with Crippen LogP contribution < -0.4 is 14.9 Å². The molecule has 8 rings (SSSR count). The Balaban J connectivity index is 0.000000592. The minimum atomic E-state index is -3.67. The topological polar surface area (TPSA) is 130 Å². The van der Waals surface area contributed by atoms with E-state index in [1.807, 2.05) is 18.2 Å². The van der Waals surface area contributed by atoms with Gasteiger partial charge in [0.25, 0.3) is 0 Å². The Morgan fingerprint density at radius 1 is 0.814 bits per heavy atom. The molecule has 5 aromatic rings. The van der Waals surface area contributed by atoms with Gasteiger partial charge in [0.1, 0.15) is 11.5 Å². The number of anilines is 2. The Morgan fingerprint density at radius 3 is 2.15 bits per heavy atom. The standard InChI is InChI=1S/C40H44F2N6O2S.C5H7NO2/c1-2-25-51(49,50)45-38-8-4-7-36(39(38)42)37-28-48(44-40(37)32-13-19-43-20-14-32)34-11-9-30(10-12-34)31-17-21-46(22-18-31)27-29-15-23-47(24-16-29)35-6-3-5-33(41)26-35;7-4-2-1-3-5(8)6-4/h3-14,19-20,26,28-29,31,45H,2,15-18,21-25,27H2,1H3;1-3H2,(H,6,7,8).